The molecule has 2 aromatic carbocycles. The summed E-state index contributed by atoms with van der Waals surface area (Å²) in [5.74, 6) is 1.11. The van der Waals surface area contributed by atoms with Crippen LogP contribution in [-0.2, 0) is 5.41 Å². The van der Waals surface area contributed by atoms with Gasteiger partial charge in [0.25, 0.3) is 0 Å². The standard InChI is InChI=1S/C29H33NO2/c1-4-18-32-28-15-13-24(19-26(28)29(3)16-6-5-7-17-29)25-12-14-27(30-20-25)23-10-8-22(9-11-23)21(2)31/h8-15,19-20H,4-7,16-18H2,1-3H3. The molecule has 166 valence electrons. The van der Waals surface area contributed by atoms with E-state index < -0.39 is 0 Å². The van der Waals surface area contributed by atoms with Crippen LogP contribution in [0.15, 0.2) is 60.8 Å². The molecule has 1 heterocycles. The minimum absolute atomic E-state index is 0.0775. The van der Waals surface area contributed by atoms with Crippen molar-refractivity contribution in [2.45, 2.75) is 64.7 Å². The third kappa shape index (κ3) is 4.77. The van der Waals surface area contributed by atoms with Crippen LogP contribution < -0.4 is 4.74 Å². The van der Waals surface area contributed by atoms with Crippen molar-refractivity contribution in [3.8, 4) is 28.1 Å². The number of ketones is 1. The second-order valence-electron chi connectivity index (χ2n) is 9.25. The van der Waals surface area contributed by atoms with E-state index in [-0.39, 0.29) is 11.2 Å². The van der Waals surface area contributed by atoms with Gasteiger partial charge < -0.3 is 4.74 Å². The first-order valence-corrected chi connectivity index (χ1v) is 11.9. The quantitative estimate of drug-likeness (QED) is 0.364. The highest BCUT2D eigenvalue weighted by atomic mass is 16.5. The first-order valence-electron chi connectivity index (χ1n) is 11.9. The number of hydrogen-bond donors (Lipinski definition) is 0. The fraction of sp³-hybridized carbons (Fsp3) is 0.379. The maximum atomic E-state index is 11.5. The average molecular weight is 428 g/mol. The number of carbonyl (C=O) groups excluding carboxylic acids is 1. The highest BCUT2D eigenvalue weighted by Crippen LogP contribution is 2.44. The molecule has 0 atom stereocenters. The summed E-state index contributed by atoms with van der Waals surface area (Å²) >= 11 is 0. The molecule has 0 spiro atoms. The Morgan fingerprint density at radius 2 is 1.62 bits per heavy atom. The predicted octanol–water partition coefficient (Wildman–Crippen LogP) is 7.63. The summed E-state index contributed by atoms with van der Waals surface area (Å²) in [6.07, 6.45) is 9.29. The summed E-state index contributed by atoms with van der Waals surface area (Å²) in [5, 5.41) is 0. The molecule has 0 bridgehead atoms. The Kier molecular flexibility index (Phi) is 6.74. The second-order valence-corrected chi connectivity index (χ2v) is 9.25. The van der Waals surface area contributed by atoms with E-state index in [1.165, 1.54) is 43.2 Å². The number of nitrogens with zero attached hydrogens (tertiary/aromatic N) is 1. The van der Waals surface area contributed by atoms with Gasteiger partial charge in [-0.05, 0) is 55.4 Å². The number of benzene rings is 2. The van der Waals surface area contributed by atoms with E-state index in [4.69, 9.17) is 9.72 Å². The van der Waals surface area contributed by atoms with Gasteiger partial charge in [0.2, 0.25) is 0 Å². The molecule has 0 unspecified atom stereocenters. The molecule has 0 saturated heterocycles. The number of Topliss-reactive ketones (excluding diaryl/α,β-unsaturated/α-hetero) is 1. The first-order chi connectivity index (χ1) is 15.5. The molecule has 1 saturated carbocycles. The van der Waals surface area contributed by atoms with Gasteiger partial charge in [0.1, 0.15) is 5.75 Å². The number of aromatic nitrogens is 1. The van der Waals surface area contributed by atoms with Gasteiger partial charge in [-0.3, -0.25) is 9.78 Å². The lowest BCUT2D eigenvalue weighted by atomic mass is 9.70. The van der Waals surface area contributed by atoms with Gasteiger partial charge in [-0.25, -0.2) is 0 Å². The fourth-order valence-corrected chi connectivity index (χ4v) is 4.73. The molecule has 0 amide bonds. The molecule has 4 rings (SSSR count). The van der Waals surface area contributed by atoms with Crippen molar-refractivity contribution < 1.29 is 9.53 Å². The van der Waals surface area contributed by atoms with Crippen molar-refractivity contribution in [1.29, 1.82) is 0 Å². The third-order valence-electron chi connectivity index (χ3n) is 6.73. The van der Waals surface area contributed by atoms with Crippen LogP contribution in [0.3, 0.4) is 0 Å². The zero-order valence-electron chi connectivity index (χ0n) is 19.5. The lowest BCUT2D eigenvalue weighted by molar-refractivity contribution is 0.101. The normalized spacial score (nSPS) is 15.3. The Labute approximate surface area is 191 Å². The molecule has 0 N–H and O–H groups in total. The van der Waals surface area contributed by atoms with Gasteiger partial charge >= 0.3 is 0 Å². The van der Waals surface area contributed by atoms with E-state index in [0.29, 0.717) is 0 Å². The smallest absolute Gasteiger partial charge is 0.159 e. The fourth-order valence-electron chi connectivity index (χ4n) is 4.73. The van der Waals surface area contributed by atoms with Gasteiger partial charge in [-0.15, -0.1) is 0 Å². The molecule has 1 aromatic heterocycles. The molecule has 3 nitrogen and oxygen atoms in total. The van der Waals surface area contributed by atoms with E-state index >= 15 is 0 Å². The Morgan fingerprint density at radius 1 is 0.938 bits per heavy atom. The van der Waals surface area contributed by atoms with Crippen LogP contribution in [0.4, 0.5) is 0 Å². The van der Waals surface area contributed by atoms with Crippen LogP contribution in [0.2, 0.25) is 0 Å². The summed E-state index contributed by atoms with van der Waals surface area (Å²) in [5.41, 5.74) is 6.44. The van der Waals surface area contributed by atoms with Gasteiger partial charge in [0, 0.05) is 28.5 Å². The maximum Gasteiger partial charge on any atom is 0.159 e. The molecular weight excluding hydrogens is 394 g/mol. The molecule has 1 aliphatic carbocycles. The SMILES string of the molecule is CCCOc1ccc(-c2ccc(-c3ccc(C(C)=O)cc3)nc2)cc1C1(C)CCCCC1. The summed E-state index contributed by atoms with van der Waals surface area (Å²) in [6.45, 7) is 6.89. The Hall–Kier alpha value is -2.94. The van der Waals surface area contributed by atoms with Crippen LogP contribution >= 0.6 is 0 Å². The summed E-state index contributed by atoms with van der Waals surface area (Å²) < 4.78 is 6.16. The number of rotatable bonds is 7. The minimum Gasteiger partial charge on any atom is -0.493 e. The monoisotopic (exact) mass is 427 g/mol. The van der Waals surface area contributed by atoms with E-state index in [1.54, 1.807) is 6.92 Å². The molecule has 32 heavy (non-hydrogen) atoms. The van der Waals surface area contributed by atoms with Crippen molar-refractivity contribution in [3.63, 3.8) is 0 Å². The van der Waals surface area contributed by atoms with Gasteiger partial charge in [0.05, 0.1) is 12.3 Å². The van der Waals surface area contributed by atoms with Crippen LogP contribution in [0.25, 0.3) is 22.4 Å². The van der Waals surface area contributed by atoms with Gasteiger partial charge in [-0.2, -0.15) is 0 Å². The second kappa shape index (κ2) is 9.68. The Balaban J connectivity index is 1.64. The lowest BCUT2D eigenvalue weighted by Gasteiger charge is -2.35. The van der Waals surface area contributed by atoms with Gasteiger partial charge in [-0.1, -0.05) is 69.5 Å². The number of carbonyl (C=O) groups is 1. The third-order valence-corrected chi connectivity index (χ3v) is 6.73. The van der Waals surface area contributed by atoms with Crippen LogP contribution in [-0.4, -0.2) is 17.4 Å². The topological polar surface area (TPSA) is 39.2 Å². The molecule has 0 radical (unpaired) electrons. The highest BCUT2D eigenvalue weighted by Gasteiger charge is 2.32. The van der Waals surface area contributed by atoms with E-state index in [2.05, 4.69) is 44.2 Å². The Bertz CT molecular complexity index is 1060. The summed E-state index contributed by atoms with van der Waals surface area (Å²) in [7, 11) is 0. The summed E-state index contributed by atoms with van der Waals surface area (Å²) in [4.78, 5) is 16.2. The van der Waals surface area contributed by atoms with Crippen molar-refractivity contribution >= 4 is 5.78 Å². The van der Waals surface area contributed by atoms with Crippen LogP contribution in [0.5, 0.6) is 5.75 Å². The van der Waals surface area contributed by atoms with E-state index in [1.807, 2.05) is 30.5 Å². The molecule has 3 heteroatoms. The zero-order valence-corrected chi connectivity index (χ0v) is 19.5. The number of pyridine rings is 1. The van der Waals surface area contributed by atoms with E-state index in [0.717, 1.165) is 41.2 Å². The molecule has 3 aromatic rings. The zero-order chi connectivity index (χ0) is 22.6. The van der Waals surface area contributed by atoms with E-state index in [9.17, 15) is 4.79 Å². The van der Waals surface area contributed by atoms with Crippen LogP contribution in [0.1, 0.15) is 75.2 Å². The van der Waals surface area contributed by atoms with Crippen molar-refractivity contribution in [2.75, 3.05) is 6.61 Å². The highest BCUT2D eigenvalue weighted by molar-refractivity contribution is 5.94. The molecule has 0 aliphatic heterocycles. The number of ether oxygens (including phenoxy) is 1. The minimum atomic E-state index is 0.0775. The van der Waals surface area contributed by atoms with Crippen molar-refractivity contribution in [2.24, 2.45) is 0 Å². The Morgan fingerprint density at radius 3 is 2.25 bits per heavy atom. The molecule has 1 aliphatic rings. The number of hydrogen-bond acceptors (Lipinski definition) is 3. The van der Waals surface area contributed by atoms with Gasteiger partial charge in [0.15, 0.2) is 5.78 Å². The molecular formula is C29H33NO2. The van der Waals surface area contributed by atoms with Crippen LogP contribution in [0, 0.1) is 0 Å². The average Bonchev–Trinajstić information content (AvgIpc) is 2.83. The summed E-state index contributed by atoms with van der Waals surface area (Å²) in [6, 6.07) is 18.5. The maximum absolute atomic E-state index is 11.5. The van der Waals surface area contributed by atoms with Crippen molar-refractivity contribution in [1.82, 2.24) is 4.98 Å². The predicted molar refractivity (Wildman–Crippen MR) is 131 cm³/mol. The first kappa shape index (κ1) is 22.3. The molecule has 1 fully saturated rings. The van der Waals surface area contributed by atoms with Crippen molar-refractivity contribution in [3.05, 3.63) is 71.9 Å². The largest absolute Gasteiger partial charge is 0.493 e. The lowest BCUT2D eigenvalue weighted by Crippen LogP contribution is -2.26.